The molecule has 1 atom stereocenters. The molecule has 0 radical (unpaired) electrons. The minimum Gasteiger partial charge on any atom is -0.370 e. The zero-order chi connectivity index (χ0) is 19.4. The fraction of sp³-hybridized carbons (Fsp3) is 0.227. The van der Waals surface area contributed by atoms with Gasteiger partial charge in [0.2, 0.25) is 0 Å². The van der Waals surface area contributed by atoms with E-state index in [9.17, 15) is 4.79 Å². The van der Waals surface area contributed by atoms with Gasteiger partial charge in [-0.05, 0) is 24.0 Å². The lowest BCUT2D eigenvalue weighted by molar-refractivity contribution is 0.0978. The number of benzene rings is 2. The second kappa shape index (κ2) is 7.99. The molecule has 2 aromatic carbocycles. The molecule has 0 saturated heterocycles. The molecule has 0 saturated carbocycles. The molecule has 5 heteroatoms. The second-order valence-corrected chi connectivity index (χ2v) is 6.72. The zero-order valence-corrected chi connectivity index (χ0v) is 15.6. The van der Waals surface area contributed by atoms with Crippen LogP contribution in [0.2, 0.25) is 0 Å². The van der Waals surface area contributed by atoms with Crippen LogP contribution < -0.4 is 11.1 Å². The standard InChI is InChI=1S/C22H24N4O/c1-3-8-14(2)16-11-7-12-17-18(21(27)26-22(23)24)13-19(25-20(16)17)15-9-5-4-6-10-15/h4-7,9-14H,3,8H2,1-2H3,(H4,23,24,26,27). The Balaban J connectivity index is 2.27. The second-order valence-electron chi connectivity index (χ2n) is 6.72. The molecule has 4 N–H and O–H groups in total. The minimum absolute atomic E-state index is 0.334. The molecular weight excluding hydrogens is 336 g/mol. The number of nitrogens with two attached hydrogens (primary N) is 1. The number of carbonyl (C=O) groups excluding carboxylic acids is 1. The Hall–Kier alpha value is -3.21. The highest BCUT2D eigenvalue weighted by molar-refractivity contribution is 6.12. The summed E-state index contributed by atoms with van der Waals surface area (Å²) in [6.45, 7) is 4.35. The van der Waals surface area contributed by atoms with Crippen molar-refractivity contribution in [3.63, 3.8) is 0 Å². The Labute approximate surface area is 159 Å². The van der Waals surface area contributed by atoms with Crippen molar-refractivity contribution in [3.8, 4) is 11.3 Å². The van der Waals surface area contributed by atoms with E-state index in [0.29, 0.717) is 11.5 Å². The predicted molar refractivity (Wildman–Crippen MR) is 110 cm³/mol. The first-order valence-corrected chi connectivity index (χ1v) is 9.15. The maximum Gasteiger partial charge on any atom is 0.258 e. The van der Waals surface area contributed by atoms with Gasteiger partial charge < -0.3 is 5.73 Å². The number of hydrogen-bond acceptors (Lipinski definition) is 3. The maximum absolute atomic E-state index is 12.7. The molecule has 138 valence electrons. The lowest BCUT2D eigenvalue weighted by Gasteiger charge is -2.16. The van der Waals surface area contributed by atoms with Gasteiger partial charge in [0, 0.05) is 10.9 Å². The van der Waals surface area contributed by atoms with Crippen LogP contribution in [-0.4, -0.2) is 16.9 Å². The highest BCUT2D eigenvalue weighted by Gasteiger charge is 2.18. The number of hydrogen-bond donors (Lipinski definition) is 3. The van der Waals surface area contributed by atoms with Crippen molar-refractivity contribution in [2.45, 2.75) is 32.6 Å². The number of nitrogens with one attached hydrogen (secondary N) is 2. The van der Waals surface area contributed by atoms with Crippen molar-refractivity contribution >= 4 is 22.8 Å². The van der Waals surface area contributed by atoms with Gasteiger partial charge in [0.25, 0.3) is 5.91 Å². The summed E-state index contributed by atoms with van der Waals surface area (Å²) in [4.78, 5) is 17.6. The number of fused-ring (bicyclic) bond motifs is 1. The summed E-state index contributed by atoms with van der Waals surface area (Å²) in [6, 6.07) is 17.5. The number of nitrogens with zero attached hydrogens (tertiary/aromatic N) is 1. The van der Waals surface area contributed by atoms with Gasteiger partial charge >= 0.3 is 0 Å². The number of amides is 1. The molecular formula is C22H24N4O. The van der Waals surface area contributed by atoms with Gasteiger partial charge in [-0.2, -0.15) is 0 Å². The molecule has 27 heavy (non-hydrogen) atoms. The summed E-state index contributed by atoms with van der Waals surface area (Å²) >= 11 is 0. The van der Waals surface area contributed by atoms with E-state index >= 15 is 0 Å². The first kappa shape index (κ1) is 18.6. The molecule has 0 bridgehead atoms. The van der Waals surface area contributed by atoms with E-state index in [-0.39, 0.29) is 5.96 Å². The first-order valence-electron chi connectivity index (χ1n) is 9.15. The average molecular weight is 360 g/mol. The van der Waals surface area contributed by atoms with Crippen LogP contribution in [0, 0.1) is 5.41 Å². The summed E-state index contributed by atoms with van der Waals surface area (Å²) < 4.78 is 0. The third-order valence-corrected chi connectivity index (χ3v) is 4.69. The molecule has 0 fully saturated rings. The molecule has 1 aromatic heterocycles. The number of rotatable bonds is 5. The van der Waals surface area contributed by atoms with E-state index in [1.54, 1.807) is 6.07 Å². The van der Waals surface area contributed by atoms with E-state index in [2.05, 4.69) is 25.2 Å². The number of carbonyl (C=O) groups is 1. The van der Waals surface area contributed by atoms with Crippen molar-refractivity contribution < 1.29 is 4.79 Å². The van der Waals surface area contributed by atoms with Crippen molar-refractivity contribution in [1.29, 1.82) is 5.41 Å². The van der Waals surface area contributed by atoms with Crippen LogP contribution >= 0.6 is 0 Å². The van der Waals surface area contributed by atoms with Crippen molar-refractivity contribution in [2.24, 2.45) is 5.73 Å². The highest BCUT2D eigenvalue weighted by atomic mass is 16.1. The van der Waals surface area contributed by atoms with Crippen LogP contribution in [0.15, 0.2) is 54.6 Å². The van der Waals surface area contributed by atoms with Crippen LogP contribution in [0.25, 0.3) is 22.2 Å². The third-order valence-electron chi connectivity index (χ3n) is 4.69. The van der Waals surface area contributed by atoms with Gasteiger partial charge in [0.15, 0.2) is 5.96 Å². The SMILES string of the molecule is CCCC(C)c1cccc2c(C(=O)NC(=N)N)cc(-c3ccccc3)nc12. The molecule has 1 unspecified atom stereocenters. The summed E-state index contributed by atoms with van der Waals surface area (Å²) in [5, 5.41) is 10.6. The number of para-hydroxylation sites is 1. The molecule has 0 aliphatic carbocycles. The lowest BCUT2D eigenvalue weighted by atomic mass is 9.92. The topological polar surface area (TPSA) is 91.9 Å². The molecule has 0 spiro atoms. The Bertz CT molecular complexity index is 982. The smallest absolute Gasteiger partial charge is 0.258 e. The molecule has 0 aliphatic heterocycles. The predicted octanol–water partition coefficient (Wildman–Crippen LogP) is 4.43. The zero-order valence-electron chi connectivity index (χ0n) is 15.6. The number of pyridine rings is 1. The number of aromatic nitrogens is 1. The fourth-order valence-corrected chi connectivity index (χ4v) is 3.39. The average Bonchev–Trinajstić information content (AvgIpc) is 2.67. The largest absolute Gasteiger partial charge is 0.370 e. The van der Waals surface area contributed by atoms with Crippen molar-refractivity contribution in [3.05, 3.63) is 65.7 Å². The molecule has 5 nitrogen and oxygen atoms in total. The van der Waals surface area contributed by atoms with Gasteiger partial charge in [-0.15, -0.1) is 0 Å². The molecule has 1 heterocycles. The number of guanidine groups is 1. The van der Waals surface area contributed by atoms with Crippen LogP contribution in [0.4, 0.5) is 0 Å². The molecule has 0 aliphatic rings. The van der Waals surface area contributed by atoms with E-state index in [0.717, 1.165) is 40.6 Å². The third kappa shape index (κ3) is 3.97. The van der Waals surface area contributed by atoms with Crippen molar-refractivity contribution in [2.75, 3.05) is 0 Å². The van der Waals surface area contributed by atoms with Gasteiger partial charge in [-0.1, -0.05) is 68.8 Å². The van der Waals surface area contributed by atoms with Crippen LogP contribution in [0.1, 0.15) is 48.5 Å². The Morgan fingerprint density at radius 2 is 1.93 bits per heavy atom. The lowest BCUT2D eigenvalue weighted by Crippen LogP contribution is -2.35. The summed E-state index contributed by atoms with van der Waals surface area (Å²) in [6.07, 6.45) is 2.12. The Kier molecular flexibility index (Phi) is 5.50. The quantitative estimate of drug-likeness (QED) is 0.464. The molecule has 3 aromatic rings. The maximum atomic E-state index is 12.7. The van der Waals surface area contributed by atoms with Crippen LogP contribution in [0.5, 0.6) is 0 Å². The first-order chi connectivity index (χ1) is 13.0. The molecule has 3 rings (SSSR count). The van der Waals surface area contributed by atoms with Crippen molar-refractivity contribution in [1.82, 2.24) is 10.3 Å². The highest BCUT2D eigenvalue weighted by Crippen LogP contribution is 2.31. The van der Waals surface area contributed by atoms with E-state index in [1.807, 2.05) is 42.5 Å². The van der Waals surface area contributed by atoms with Crippen LogP contribution in [0.3, 0.4) is 0 Å². The fourth-order valence-electron chi connectivity index (χ4n) is 3.39. The minimum atomic E-state index is -0.396. The van der Waals surface area contributed by atoms with Crippen LogP contribution in [-0.2, 0) is 0 Å². The summed E-state index contributed by atoms with van der Waals surface area (Å²) in [5.74, 6) is -0.435. The van der Waals surface area contributed by atoms with E-state index in [1.165, 1.54) is 0 Å². The Morgan fingerprint density at radius 3 is 2.59 bits per heavy atom. The van der Waals surface area contributed by atoms with E-state index in [4.69, 9.17) is 16.1 Å². The van der Waals surface area contributed by atoms with Gasteiger partial charge in [-0.25, -0.2) is 4.98 Å². The van der Waals surface area contributed by atoms with E-state index < -0.39 is 5.91 Å². The van der Waals surface area contributed by atoms with Gasteiger partial charge in [0.1, 0.15) is 0 Å². The summed E-state index contributed by atoms with van der Waals surface area (Å²) in [7, 11) is 0. The monoisotopic (exact) mass is 360 g/mol. The normalized spacial score (nSPS) is 11.9. The Morgan fingerprint density at radius 1 is 1.19 bits per heavy atom. The van der Waals surface area contributed by atoms with Gasteiger partial charge in [0.05, 0.1) is 16.8 Å². The summed E-state index contributed by atoms with van der Waals surface area (Å²) in [5.41, 5.74) is 9.47. The molecule has 1 amide bonds. The van der Waals surface area contributed by atoms with Gasteiger partial charge in [-0.3, -0.25) is 15.5 Å².